The summed E-state index contributed by atoms with van der Waals surface area (Å²) in [5.41, 5.74) is 2.52. The highest BCUT2D eigenvalue weighted by atomic mass is 16.3. The number of pyridine rings is 1. The standard InChI is InChI=1S/C12H18N2O2/c15-8-6-14(7-9-16)12-5-4-10-2-1-3-11(10)13-12/h4-5,15-16H,1-3,6-9H2. The van der Waals surface area contributed by atoms with E-state index in [1.54, 1.807) is 0 Å². The predicted octanol–water partition coefficient (Wildman–Crippen LogP) is 0.361. The van der Waals surface area contributed by atoms with Crippen LogP contribution in [0.1, 0.15) is 17.7 Å². The van der Waals surface area contributed by atoms with Gasteiger partial charge >= 0.3 is 0 Å². The Morgan fingerprint density at radius 2 is 1.88 bits per heavy atom. The van der Waals surface area contributed by atoms with Crippen molar-refractivity contribution >= 4 is 5.82 Å². The number of rotatable bonds is 5. The zero-order valence-electron chi connectivity index (χ0n) is 9.39. The van der Waals surface area contributed by atoms with Crippen molar-refractivity contribution in [2.45, 2.75) is 19.3 Å². The van der Waals surface area contributed by atoms with Crippen LogP contribution in [0.2, 0.25) is 0 Å². The molecule has 1 heterocycles. The zero-order valence-corrected chi connectivity index (χ0v) is 9.39. The minimum atomic E-state index is 0.0821. The fourth-order valence-electron chi connectivity index (χ4n) is 2.17. The predicted molar refractivity (Wildman–Crippen MR) is 62.6 cm³/mol. The summed E-state index contributed by atoms with van der Waals surface area (Å²) >= 11 is 0. The van der Waals surface area contributed by atoms with Crippen molar-refractivity contribution < 1.29 is 10.2 Å². The van der Waals surface area contributed by atoms with Crippen LogP contribution in [0.25, 0.3) is 0 Å². The van der Waals surface area contributed by atoms with Crippen molar-refractivity contribution in [2.75, 3.05) is 31.2 Å². The molecule has 16 heavy (non-hydrogen) atoms. The molecule has 4 heteroatoms. The first-order valence-corrected chi connectivity index (χ1v) is 5.80. The van der Waals surface area contributed by atoms with Gasteiger partial charge in [-0.05, 0) is 30.9 Å². The maximum Gasteiger partial charge on any atom is 0.128 e. The molecule has 88 valence electrons. The largest absolute Gasteiger partial charge is 0.395 e. The molecule has 2 N–H and O–H groups in total. The van der Waals surface area contributed by atoms with Crippen molar-refractivity contribution in [1.82, 2.24) is 4.98 Å². The van der Waals surface area contributed by atoms with Gasteiger partial charge in [0.05, 0.1) is 13.2 Å². The molecule has 0 bridgehead atoms. The number of aliphatic hydroxyl groups is 2. The van der Waals surface area contributed by atoms with Gasteiger partial charge in [0.25, 0.3) is 0 Å². The first-order valence-electron chi connectivity index (χ1n) is 5.80. The van der Waals surface area contributed by atoms with Gasteiger partial charge in [0.2, 0.25) is 0 Å². The number of anilines is 1. The van der Waals surface area contributed by atoms with Crippen molar-refractivity contribution in [3.05, 3.63) is 23.4 Å². The molecule has 1 aromatic heterocycles. The van der Waals surface area contributed by atoms with Gasteiger partial charge in [0.15, 0.2) is 0 Å². The van der Waals surface area contributed by atoms with E-state index in [0.29, 0.717) is 13.1 Å². The molecule has 4 nitrogen and oxygen atoms in total. The molecule has 1 aliphatic carbocycles. The van der Waals surface area contributed by atoms with Crippen LogP contribution in [0.3, 0.4) is 0 Å². The van der Waals surface area contributed by atoms with Crippen LogP contribution < -0.4 is 4.90 Å². The molecule has 0 unspecified atom stereocenters. The molecule has 0 amide bonds. The number of aromatic nitrogens is 1. The van der Waals surface area contributed by atoms with Crippen molar-refractivity contribution in [2.24, 2.45) is 0 Å². The minimum Gasteiger partial charge on any atom is -0.395 e. The first-order chi connectivity index (χ1) is 7.85. The Morgan fingerprint density at radius 3 is 2.56 bits per heavy atom. The van der Waals surface area contributed by atoms with Crippen LogP contribution in [-0.4, -0.2) is 41.5 Å². The normalized spacial score (nSPS) is 13.9. The fraction of sp³-hybridized carbons (Fsp3) is 0.583. The Labute approximate surface area is 95.5 Å². The molecule has 2 rings (SSSR count). The highest BCUT2D eigenvalue weighted by Crippen LogP contribution is 2.23. The summed E-state index contributed by atoms with van der Waals surface area (Å²) in [6.07, 6.45) is 3.36. The Morgan fingerprint density at radius 1 is 1.12 bits per heavy atom. The fourth-order valence-corrected chi connectivity index (χ4v) is 2.17. The van der Waals surface area contributed by atoms with E-state index >= 15 is 0 Å². The number of hydrogen-bond donors (Lipinski definition) is 2. The molecule has 0 atom stereocenters. The van der Waals surface area contributed by atoms with Crippen LogP contribution in [0.5, 0.6) is 0 Å². The van der Waals surface area contributed by atoms with Crippen molar-refractivity contribution in [3.8, 4) is 0 Å². The van der Waals surface area contributed by atoms with Gasteiger partial charge in [-0.2, -0.15) is 0 Å². The quantitative estimate of drug-likeness (QED) is 0.755. The summed E-state index contributed by atoms with van der Waals surface area (Å²) in [4.78, 5) is 6.51. The molecule has 1 aromatic rings. The Hall–Kier alpha value is -1.13. The third kappa shape index (κ3) is 2.33. The van der Waals surface area contributed by atoms with E-state index in [0.717, 1.165) is 18.7 Å². The van der Waals surface area contributed by atoms with E-state index in [9.17, 15) is 0 Å². The van der Waals surface area contributed by atoms with Gasteiger partial charge in [0.1, 0.15) is 5.82 Å². The molecule has 1 aliphatic rings. The molecule has 0 radical (unpaired) electrons. The maximum atomic E-state index is 8.97. The molecule has 0 saturated heterocycles. The average Bonchev–Trinajstić information content (AvgIpc) is 2.75. The molecular weight excluding hydrogens is 204 g/mol. The molecule has 0 spiro atoms. The molecular formula is C12H18N2O2. The number of fused-ring (bicyclic) bond motifs is 1. The number of aryl methyl sites for hydroxylation is 2. The molecule has 0 aliphatic heterocycles. The van der Waals surface area contributed by atoms with E-state index in [1.807, 2.05) is 11.0 Å². The summed E-state index contributed by atoms with van der Waals surface area (Å²) < 4.78 is 0. The number of hydrogen-bond acceptors (Lipinski definition) is 4. The molecule has 0 aromatic carbocycles. The first kappa shape index (κ1) is 11.4. The van der Waals surface area contributed by atoms with Crippen molar-refractivity contribution in [1.29, 1.82) is 0 Å². The SMILES string of the molecule is OCCN(CCO)c1ccc2c(n1)CCC2. The summed E-state index contributed by atoms with van der Waals surface area (Å²) in [6, 6.07) is 4.10. The minimum absolute atomic E-state index is 0.0821. The molecule has 0 saturated carbocycles. The molecule has 0 fully saturated rings. The zero-order chi connectivity index (χ0) is 11.4. The second kappa shape index (κ2) is 5.27. The van der Waals surface area contributed by atoms with Gasteiger partial charge < -0.3 is 15.1 Å². The Balaban J connectivity index is 2.17. The van der Waals surface area contributed by atoms with Gasteiger partial charge in [-0.1, -0.05) is 6.07 Å². The monoisotopic (exact) mass is 222 g/mol. The third-order valence-electron chi connectivity index (χ3n) is 2.98. The summed E-state index contributed by atoms with van der Waals surface area (Å²) in [5, 5.41) is 17.9. The number of aliphatic hydroxyl groups excluding tert-OH is 2. The summed E-state index contributed by atoms with van der Waals surface area (Å²) in [6.45, 7) is 1.20. The van der Waals surface area contributed by atoms with Gasteiger partial charge in [-0.3, -0.25) is 0 Å². The van der Waals surface area contributed by atoms with Gasteiger partial charge in [-0.25, -0.2) is 4.98 Å². The lowest BCUT2D eigenvalue weighted by Crippen LogP contribution is -2.30. The van der Waals surface area contributed by atoms with Crippen LogP contribution >= 0.6 is 0 Å². The maximum absolute atomic E-state index is 8.97. The van der Waals surface area contributed by atoms with Crippen LogP contribution in [0.15, 0.2) is 12.1 Å². The summed E-state index contributed by atoms with van der Waals surface area (Å²) in [7, 11) is 0. The van der Waals surface area contributed by atoms with Crippen LogP contribution in [-0.2, 0) is 12.8 Å². The smallest absolute Gasteiger partial charge is 0.128 e. The Bertz CT molecular complexity index is 349. The highest BCUT2D eigenvalue weighted by molar-refractivity contribution is 5.43. The van der Waals surface area contributed by atoms with Crippen LogP contribution in [0.4, 0.5) is 5.82 Å². The van der Waals surface area contributed by atoms with Gasteiger partial charge in [0, 0.05) is 18.8 Å². The number of nitrogens with zero attached hydrogens (tertiary/aromatic N) is 2. The van der Waals surface area contributed by atoms with E-state index < -0.39 is 0 Å². The van der Waals surface area contributed by atoms with E-state index in [2.05, 4.69) is 11.1 Å². The van der Waals surface area contributed by atoms with Crippen molar-refractivity contribution in [3.63, 3.8) is 0 Å². The summed E-state index contributed by atoms with van der Waals surface area (Å²) in [5.74, 6) is 0.865. The van der Waals surface area contributed by atoms with Crippen LogP contribution in [0, 0.1) is 0 Å². The van der Waals surface area contributed by atoms with E-state index in [-0.39, 0.29) is 13.2 Å². The second-order valence-electron chi connectivity index (χ2n) is 4.06. The lowest BCUT2D eigenvalue weighted by Gasteiger charge is -2.22. The topological polar surface area (TPSA) is 56.6 Å². The lowest BCUT2D eigenvalue weighted by molar-refractivity contribution is 0.280. The third-order valence-corrected chi connectivity index (χ3v) is 2.98. The highest BCUT2D eigenvalue weighted by Gasteiger charge is 2.14. The van der Waals surface area contributed by atoms with E-state index in [4.69, 9.17) is 10.2 Å². The van der Waals surface area contributed by atoms with Gasteiger partial charge in [-0.15, -0.1) is 0 Å². The van der Waals surface area contributed by atoms with E-state index in [1.165, 1.54) is 17.7 Å². The second-order valence-corrected chi connectivity index (χ2v) is 4.06. The average molecular weight is 222 g/mol. The Kier molecular flexibility index (Phi) is 3.74. The lowest BCUT2D eigenvalue weighted by atomic mass is 10.2.